The third kappa shape index (κ3) is 4.59. The number of hydrogen-bond acceptors (Lipinski definition) is 4. The van der Waals surface area contributed by atoms with Crippen LogP contribution in [0.15, 0.2) is 78.9 Å². The van der Waals surface area contributed by atoms with Crippen LogP contribution >= 0.6 is 23.2 Å². The van der Waals surface area contributed by atoms with E-state index in [0.717, 1.165) is 5.56 Å². The summed E-state index contributed by atoms with van der Waals surface area (Å²) < 4.78 is 26.3. The maximum atomic E-state index is 14.7. The molecule has 3 atom stereocenters. The highest BCUT2D eigenvalue weighted by Crippen LogP contribution is 2.59. The number of amides is 2. The van der Waals surface area contributed by atoms with Crippen LogP contribution in [-0.4, -0.2) is 18.9 Å². The summed E-state index contributed by atoms with van der Waals surface area (Å²) in [6, 6.07) is 20.8. The molecule has 4 aromatic carbocycles. The Labute approximate surface area is 246 Å². The minimum Gasteiger partial charge on any atom is -0.497 e. The second kappa shape index (κ2) is 10.4. The molecule has 0 unspecified atom stereocenters. The number of halogens is 3. The van der Waals surface area contributed by atoms with Crippen molar-refractivity contribution in [3.8, 4) is 17.2 Å². The summed E-state index contributed by atoms with van der Waals surface area (Å²) in [6.07, 6.45) is -0.0420. The first kappa shape index (κ1) is 27.1. The van der Waals surface area contributed by atoms with Crippen LogP contribution in [0, 0.1) is 12.7 Å². The summed E-state index contributed by atoms with van der Waals surface area (Å²) in [5.74, 6) is -0.212. The zero-order valence-corrected chi connectivity index (χ0v) is 23.6. The molecule has 208 valence electrons. The van der Waals surface area contributed by atoms with Crippen LogP contribution < -0.4 is 20.1 Å². The van der Waals surface area contributed by atoms with Crippen molar-refractivity contribution in [2.45, 2.75) is 30.7 Å². The predicted octanol–water partition coefficient (Wildman–Crippen LogP) is 7.48. The minimum absolute atomic E-state index is 0.0420. The maximum absolute atomic E-state index is 14.7. The lowest BCUT2D eigenvalue weighted by atomic mass is 9.59. The van der Waals surface area contributed by atoms with Crippen molar-refractivity contribution in [3.05, 3.63) is 117 Å². The van der Waals surface area contributed by atoms with Crippen LogP contribution in [0.25, 0.3) is 0 Å². The molecule has 1 spiro atoms. The molecule has 41 heavy (non-hydrogen) atoms. The molecule has 2 aliphatic rings. The van der Waals surface area contributed by atoms with Gasteiger partial charge in [0.15, 0.2) is 0 Å². The van der Waals surface area contributed by atoms with Crippen molar-refractivity contribution in [2.24, 2.45) is 0 Å². The number of aryl methyl sites for hydroxylation is 1. The normalized spacial score (nSPS) is 21.3. The third-order valence-corrected chi connectivity index (χ3v) is 8.41. The maximum Gasteiger partial charge on any atom is 0.238 e. The van der Waals surface area contributed by atoms with Gasteiger partial charge in [0, 0.05) is 33.6 Å². The Kier molecular flexibility index (Phi) is 6.88. The lowest BCUT2D eigenvalue weighted by Crippen LogP contribution is -2.57. The van der Waals surface area contributed by atoms with Crippen LogP contribution in [0.4, 0.5) is 10.1 Å². The van der Waals surface area contributed by atoms with Crippen molar-refractivity contribution >= 4 is 40.7 Å². The molecule has 2 aliphatic heterocycles. The Balaban J connectivity index is 1.59. The van der Waals surface area contributed by atoms with Crippen molar-refractivity contribution in [2.75, 3.05) is 12.4 Å². The Morgan fingerprint density at radius 3 is 2.34 bits per heavy atom. The molecular weight excluding hydrogens is 566 g/mol. The summed E-state index contributed by atoms with van der Waals surface area (Å²) in [5, 5.41) is 6.88. The lowest BCUT2D eigenvalue weighted by molar-refractivity contribution is -0.131. The Bertz CT molecular complexity index is 1690. The molecule has 0 radical (unpaired) electrons. The van der Waals surface area contributed by atoms with Crippen LogP contribution in [-0.2, 0) is 15.0 Å². The fourth-order valence-corrected chi connectivity index (χ4v) is 6.45. The molecular formula is C32H25Cl2FN2O4. The van der Waals surface area contributed by atoms with Gasteiger partial charge in [0.1, 0.15) is 28.5 Å². The SMILES string of the molecule is COc1ccc(Oc2ccc(Cl)cc2[C@H]2CC(=O)N[C@@H](c3cc(F)ccc3C)[C@]23C(=O)Nc2cc(Cl)ccc23)cc1. The summed E-state index contributed by atoms with van der Waals surface area (Å²) >= 11 is 12.8. The van der Waals surface area contributed by atoms with Gasteiger partial charge < -0.3 is 20.1 Å². The average Bonchev–Trinajstić information content (AvgIpc) is 3.23. The number of ether oxygens (including phenoxy) is 2. The summed E-state index contributed by atoms with van der Waals surface area (Å²) in [4.78, 5) is 27.7. The number of hydrogen-bond donors (Lipinski definition) is 2. The predicted molar refractivity (Wildman–Crippen MR) is 156 cm³/mol. The quantitative estimate of drug-likeness (QED) is 0.252. The number of methoxy groups -OCH3 is 1. The highest BCUT2D eigenvalue weighted by Gasteiger charge is 2.62. The number of piperidine rings is 1. The molecule has 4 aromatic rings. The van der Waals surface area contributed by atoms with Gasteiger partial charge in [0.2, 0.25) is 11.8 Å². The number of rotatable bonds is 5. The van der Waals surface area contributed by atoms with Gasteiger partial charge in [-0.1, -0.05) is 35.3 Å². The first-order chi connectivity index (χ1) is 19.7. The molecule has 2 amide bonds. The van der Waals surface area contributed by atoms with Crippen molar-refractivity contribution in [1.82, 2.24) is 5.32 Å². The first-order valence-electron chi connectivity index (χ1n) is 13.0. The molecule has 6 rings (SSSR count). The van der Waals surface area contributed by atoms with Gasteiger partial charge >= 0.3 is 0 Å². The van der Waals surface area contributed by atoms with E-state index in [2.05, 4.69) is 10.6 Å². The second-order valence-electron chi connectivity index (χ2n) is 10.2. The lowest BCUT2D eigenvalue weighted by Gasteiger charge is -2.47. The minimum atomic E-state index is -1.38. The van der Waals surface area contributed by atoms with Crippen molar-refractivity contribution in [3.63, 3.8) is 0 Å². The van der Waals surface area contributed by atoms with E-state index in [9.17, 15) is 14.0 Å². The number of anilines is 1. The van der Waals surface area contributed by atoms with E-state index in [1.165, 1.54) is 12.1 Å². The highest BCUT2D eigenvalue weighted by atomic mass is 35.5. The molecule has 0 aromatic heterocycles. The van der Waals surface area contributed by atoms with Crippen molar-refractivity contribution in [1.29, 1.82) is 0 Å². The van der Waals surface area contributed by atoms with Gasteiger partial charge in [-0.05, 0) is 90.3 Å². The van der Waals surface area contributed by atoms with Gasteiger partial charge in [-0.15, -0.1) is 0 Å². The third-order valence-electron chi connectivity index (χ3n) is 7.94. The van der Waals surface area contributed by atoms with Crippen LogP contribution in [0.1, 0.15) is 40.6 Å². The van der Waals surface area contributed by atoms with E-state index in [1.807, 2.05) is 6.92 Å². The molecule has 0 aliphatic carbocycles. The molecule has 1 fully saturated rings. The highest BCUT2D eigenvalue weighted by molar-refractivity contribution is 6.31. The average molecular weight is 591 g/mol. The van der Waals surface area contributed by atoms with Gasteiger partial charge in [-0.2, -0.15) is 0 Å². The second-order valence-corrected chi connectivity index (χ2v) is 11.1. The Hall–Kier alpha value is -4.07. The standard InChI is InChI=1S/C32H25Cl2FN2O4/c1-17-3-6-20(35)15-23(17)30-32(25-11-4-19(34)14-27(25)36-31(32)39)26(16-29(38)37-30)24-13-18(33)5-12-28(24)41-22-9-7-21(40-2)8-10-22/h3-15,26,30H,16H2,1-2H3,(H,36,39)(H,37,38)/t26-,30+,32-/m1/s1. The smallest absolute Gasteiger partial charge is 0.238 e. The molecule has 2 N–H and O–H groups in total. The zero-order valence-electron chi connectivity index (χ0n) is 22.1. The Morgan fingerprint density at radius 2 is 1.59 bits per heavy atom. The zero-order chi connectivity index (χ0) is 28.9. The van der Waals surface area contributed by atoms with E-state index >= 15 is 0 Å². The molecule has 9 heteroatoms. The van der Waals surface area contributed by atoms with E-state index in [0.29, 0.717) is 49.7 Å². The number of fused-ring (bicyclic) bond motifs is 2. The number of carbonyl (C=O) groups is 2. The van der Waals surface area contributed by atoms with E-state index < -0.39 is 23.2 Å². The van der Waals surface area contributed by atoms with Gasteiger partial charge in [0.05, 0.1) is 13.2 Å². The van der Waals surface area contributed by atoms with Gasteiger partial charge in [0.25, 0.3) is 0 Å². The fourth-order valence-electron chi connectivity index (χ4n) is 6.10. The van der Waals surface area contributed by atoms with Gasteiger partial charge in [-0.3, -0.25) is 9.59 Å². The first-order valence-corrected chi connectivity index (χ1v) is 13.7. The summed E-state index contributed by atoms with van der Waals surface area (Å²) in [5.41, 5.74) is 1.59. The Morgan fingerprint density at radius 1 is 0.878 bits per heavy atom. The van der Waals surface area contributed by atoms with Gasteiger partial charge in [-0.25, -0.2) is 4.39 Å². The monoisotopic (exact) mass is 590 g/mol. The summed E-state index contributed by atoms with van der Waals surface area (Å²) in [7, 11) is 1.58. The number of carbonyl (C=O) groups excluding carboxylic acids is 2. The molecule has 0 bridgehead atoms. The number of nitrogens with one attached hydrogen (secondary N) is 2. The van der Waals surface area contributed by atoms with Crippen molar-refractivity contribution < 1.29 is 23.5 Å². The molecule has 6 nitrogen and oxygen atoms in total. The van der Waals surface area contributed by atoms with E-state index in [1.54, 1.807) is 73.8 Å². The molecule has 0 saturated carbocycles. The largest absolute Gasteiger partial charge is 0.497 e. The van der Waals surface area contributed by atoms with Crippen LogP contribution in [0.5, 0.6) is 17.2 Å². The van der Waals surface area contributed by atoms with Crippen LogP contribution in [0.2, 0.25) is 10.0 Å². The van der Waals surface area contributed by atoms with Crippen LogP contribution in [0.3, 0.4) is 0 Å². The number of benzene rings is 4. The summed E-state index contributed by atoms with van der Waals surface area (Å²) in [6.45, 7) is 1.82. The fraction of sp³-hybridized carbons (Fsp3) is 0.188. The van der Waals surface area contributed by atoms with E-state index in [4.69, 9.17) is 32.7 Å². The molecule has 2 heterocycles. The molecule has 1 saturated heterocycles. The van der Waals surface area contributed by atoms with E-state index in [-0.39, 0.29) is 18.2 Å². The topological polar surface area (TPSA) is 76.7 Å².